The summed E-state index contributed by atoms with van der Waals surface area (Å²) in [7, 11) is 0. The van der Waals surface area contributed by atoms with E-state index >= 15 is 0 Å². The third kappa shape index (κ3) is 2.13. The third-order valence-electron chi connectivity index (χ3n) is 1.92. The number of rotatable bonds is 3. The molecule has 0 saturated carbocycles. The molecule has 0 radical (unpaired) electrons. The zero-order valence-electron chi connectivity index (χ0n) is 8.48. The van der Waals surface area contributed by atoms with Crippen LogP contribution in [-0.2, 0) is 6.54 Å². The minimum Gasteiger partial charge on any atom is -0.270 e. The molecule has 2 rings (SSSR count). The Morgan fingerprint density at radius 1 is 1.56 bits per heavy atom. The summed E-state index contributed by atoms with van der Waals surface area (Å²) in [5.74, 6) is -0.550. The summed E-state index contributed by atoms with van der Waals surface area (Å²) < 4.78 is 14.3. The van der Waals surface area contributed by atoms with Gasteiger partial charge in [-0.05, 0) is 30.8 Å². The lowest BCUT2D eigenvalue weighted by molar-refractivity contribution is 0.572. The normalized spacial score (nSPS) is 10.6. The summed E-state index contributed by atoms with van der Waals surface area (Å²) in [6.07, 6.45) is 0. The lowest BCUT2D eigenvalue weighted by Gasteiger charge is -2.00. The van der Waals surface area contributed by atoms with Crippen LogP contribution in [0.1, 0.15) is 6.92 Å². The van der Waals surface area contributed by atoms with Crippen LogP contribution in [0, 0.1) is 5.95 Å². The Hall–Kier alpha value is -1.63. The summed E-state index contributed by atoms with van der Waals surface area (Å²) >= 11 is 1.14. The van der Waals surface area contributed by atoms with Crippen molar-refractivity contribution in [3.05, 3.63) is 34.6 Å². The molecule has 2 heterocycles. The van der Waals surface area contributed by atoms with E-state index in [1.54, 1.807) is 12.1 Å². The van der Waals surface area contributed by atoms with Gasteiger partial charge in [0.25, 0.3) is 0 Å². The quantitative estimate of drug-likeness (QED) is 0.821. The van der Waals surface area contributed by atoms with Crippen molar-refractivity contribution in [3.63, 3.8) is 0 Å². The van der Waals surface area contributed by atoms with Crippen LogP contribution in [0.4, 0.5) is 4.39 Å². The lowest BCUT2D eigenvalue weighted by Crippen LogP contribution is -2.16. The van der Waals surface area contributed by atoms with Gasteiger partial charge in [-0.3, -0.25) is 4.57 Å². The van der Waals surface area contributed by atoms with Crippen molar-refractivity contribution in [1.82, 2.24) is 19.7 Å². The first-order chi connectivity index (χ1) is 7.70. The van der Waals surface area contributed by atoms with E-state index in [-0.39, 0.29) is 5.69 Å². The van der Waals surface area contributed by atoms with Gasteiger partial charge in [0.05, 0.1) is 0 Å². The summed E-state index contributed by atoms with van der Waals surface area (Å²) in [5, 5.41) is 7.12. The molecule has 0 bridgehead atoms. The number of hydrogen-bond donors (Lipinski definition) is 1. The monoisotopic (exact) mass is 240 g/mol. The minimum absolute atomic E-state index is 0.276. The van der Waals surface area contributed by atoms with Crippen molar-refractivity contribution in [2.45, 2.75) is 23.7 Å². The van der Waals surface area contributed by atoms with Gasteiger partial charge in [0, 0.05) is 6.54 Å². The number of hydrogen-bond acceptors (Lipinski definition) is 4. The number of aromatic nitrogens is 4. The van der Waals surface area contributed by atoms with E-state index in [1.807, 2.05) is 6.92 Å². The Kier molecular flexibility index (Phi) is 3.04. The standard InChI is InChI=1S/C9H9FN4OS/c1-2-14-8(15)12-13-9(14)16-7-5-3-4-6(10)11-7/h3-5H,2H2,1H3,(H,12,15). The molecule has 0 saturated heterocycles. The summed E-state index contributed by atoms with van der Waals surface area (Å²) in [6, 6.07) is 4.49. The first-order valence-electron chi connectivity index (χ1n) is 4.66. The Morgan fingerprint density at radius 3 is 3.06 bits per heavy atom. The molecule has 2 aromatic rings. The van der Waals surface area contributed by atoms with Crippen LogP contribution in [0.2, 0.25) is 0 Å². The molecule has 84 valence electrons. The smallest absolute Gasteiger partial charge is 0.270 e. The van der Waals surface area contributed by atoms with Crippen LogP contribution in [0.5, 0.6) is 0 Å². The van der Waals surface area contributed by atoms with Crippen LogP contribution in [0.15, 0.2) is 33.2 Å². The number of halogens is 1. The second-order valence-electron chi connectivity index (χ2n) is 2.96. The second-order valence-corrected chi connectivity index (χ2v) is 3.94. The van der Waals surface area contributed by atoms with E-state index in [4.69, 9.17) is 0 Å². The maximum Gasteiger partial charge on any atom is 0.343 e. The van der Waals surface area contributed by atoms with Crippen LogP contribution in [0.3, 0.4) is 0 Å². The van der Waals surface area contributed by atoms with Crippen molar-refractivity contribution in [2.75, 3.05) is 0 Å². The number of nitrogens with one attached hydrogen (secondary N) is 1. The van der Waals surface area contributed by atoms with Crippen molar-refractivity contribution >= 4 is 11.8 Å². The van der Waals surface area contributed by atoms with E-state index in [0.29, 0.717) is 16.7 Å². The summed E-state index contributed by atoms with van der Waals surface area (Å²) in [5.41, 5.74) is -0.276. The second kappa shape index (κ2) is 4.48. The van der Waals surface area contributed by atoms with Crippen LogP contribution in [-0.4, -0.2) is 19.7 Å². The predicted molar refractivity (Wildman–Crippen MR) is 56.8 cm³/mol. The SMILES string of the molecule is CCn1c(Sc2cccc(F)n2)n[nH]c1=O. The Bertz CT molecular complexity index is 550. The van der Waals surface area contributed by atoms with E-state index < -0.39 is 5.95 Å². The zero-order chi connectivity index (χ0) is 11.5. The fraction of sp³-hybridized carbons (Fsp3) is 0.222. The number of pyridine rings is 1. The van der Waals surface area contributed by atoms with E-state index in [1.165, 1.54) is 10.6 Å². The highest BCUT2D eigenvalue weighted by molar-refractivity contribution is 7.99. The average molecular weight is 240 g/mol. The first kappa shape index (κ1) is 10.9. The fourth-order valence-corrected chi connectivity index (χ4v) is 2.08. The molecule has 0 atom stereocenters. The molecule has 7 heteroatoms. The highest BCUT2D eigenvalue weighted by Gasteiger charge is 2.09. The molecule has 0 unspecified atom stereocenters. The largest absolute Gasteiger partial charge is 0.343 e. The van der Waals surface area contributed by atoms with Gasteiger partial charge in [-0.15, -0.1) is 5.10 Å². The summed E-state index contributed by atoms with van der Waals surface area (Å²) in [4.78, 5) is 14.9. The van der Waals surface area contributed by atoms with Gasteiger partial charge >= 0.3 is 5.69 Å². The molecule has 0 fully saturated rings. The number of H-pyrrole nitrogens is 1. The Labute approximate surface area is 94.7 Å². The summed E-state index contributed by atoms with van der Waals surface area (Å²) in [6.45, 7) is 2.34. The zero-order valence-corrected chi connectivity index (χ0v) is 9.29. The molecular formula is C9H9FN4OS. The molecule has 2 aromatic heterocycles. The predicted octanol–water partition coefficient (Wildman–Crippen LogP) is 1.28. The van der Waals surface area contributed by atoms with Crippen molar-refractivity contribution < 1.29 is 4.39 Å². The molecule has 0 aliphatic carbocycles. The number of nitrogens with zero attached hydrogens (tertiary/aromatic N) is 3. The van der Waals surface area contributed by atoms with E-state index in [9.17, 15) is 9.18 Å². The van der Waals surface area contributed by atoms with Crippen LogP contribution >= 0.6 is 11.8 Å². The van der Waals surface area contributed by atoms with Gasteiger partial charge < -0.3 is 0 Å². The van der Waals surface area contributed by atoms with Gasteiger partial charge in [0.1, 0.15) is 5.03 Å². The van der Waals surface area contributed by atoms with Gasteiger partial charge in [-0.1, -0.05) is 6.07 Å². The van der Waals surface area contributed by atoms with Gasteiger partial charge in [0.15, 0.2) is 5.16 Å². The Balaban J connectivity index is 2.30. The highest BCUT2D eigenvalue weighted by Crippen LogP contribution is 2.22. The van der Waals surface area contributed by atoms with Gasteiger partial charge in [-0.2, -0.15) is 4.39 Å². The maximum absolute atomic E-state index is 12.8. The molecule has 16 heavy (non-hydrogen) atoms. The van der Waals surface area contributed by atoms with E-state index in [2.05, 4.69) is 15.2 Å². The van der Waals surface area contributed by atoms with Crippen LogP contribution < -0.4 is 5.69 Å². The highest BCUT2D eigenvalue weighted by atomic mass is 32.2. The minimum atomic E-state index is -0.550. The van der Waals surface area contributed by atoms with Crippen molar-refractivity contribution in [2.24, 2.45) is 0 Å². The van der Waals surface area contributed by atoms with Crippen molar-refractivity contribution in [1.29, 1.82) is 0 Å². The fourth-order valence-electron chi connectivity index (χ4n) is 1.20. The van der Waals surface area contributed by atoms with Gasteiger partial charge in [-0.25, -0.2) is 14.9 Å². The lowest BCUT2D eigenvalue weighted by atomic mass is 10.5. The Morgan fingerprint density at radius 2 is 2.38 bits per heavy atom. The molecule has 0 aliphatic heterocycles. The average Bonchev–Trinajstić information content (AvgIpc) is 2.59. The molecule has 5 nitrogen and oxygen atoms in total. The third-order valence-corrected chi connectivity index (χ3v) is 2.86. The molecule has 0 amide bonds. The number of aromatic amines is 1. The molecule has 0 spiro atoms. The van der Waals surface area contributed by atoms with Crippen LogP contribution in [0.25, 0.3) is 0 Å². The molecule has 1 N–H and O–H groups in total. The van der Waals surface area contributed by atoms with E-state index in [0.717, 1.165) is 11.8 Å². The molecular weight excluding hydrogens is 231 g/mol. The molecule has 0 aromatic carbocycles. The first-order valence-corrected chi connectivity index (χ1v) is 5.48. The van der Waals surface area contributed by atoms with Gasteiger partial charge in [0.2, 0.25) is 5.95 Å². The maximum atomic E-state index is 12.8. The van der Waals surface area contributed by atoms with Crippen molar-refractivity contribution in [3.8, 4) is 0 Å². The molecule has 0 aliphatic rings. The topological polar surface area (TPSA) is 63.6 Å².